The van der Waals surface area contributed by atoms with Crippen molar-refractivity contribution >= 4 is 35.5 Å². The van der Waals surface area contributed by atoms with Crippen molar-refractivity contribution in [2.75, 3.05) is 18.6 Å². The summed E-state index contributed by atoms with van der Waals surface area (Å²) in [7, 11) is 0. The summed E-state index contributed by atoms with van der Waals surface area (Å²) in [6, 6.07) is -4.34. The van der Waals surface area contributed by atoms with Crippen LogP contribution in [0, 0.1) is 0 Å². The predicted molar refractivity (Wildman–Crippen MR) is 115 cm³/mol. The van der Waals surface area contributed by atoms with Crippen LogP contribution in [0.15, 0.2) is 0 Å². The van der Waals surface area contributed by atoms with Crippen LogP contribution in [0.3, 0.4) is 0 Å². The number of amides is 3. The standard InChI is InChI=1S/C18H35N5O6S/c1-10(15(25)22-13(18(28)29)7-9-30-3)21-17(27)14(11(2)24)23-16(26)12(20)6-4-5-8-19/h10-14,24H,4-9,19-20H2,1-3H3,(H,21,27)(H,22,25)(H,23,26)(H,28,29). The molecule has 0 heterocycles. The summed E-state index contributed by atoms with van der Waals surface area (Å²) in [6.07, 6.45) is 2.55. The second-order valence-electron chi connectivity index (χ2n) is 7.03. The van der Waals surface area contributed by atoms with Crippen molar-refractivity contribution in [3.63, 3.8) is 0 Å². The van der Waals surface area contributed by atoms with Gasteiger partial charge < -0.3 is 37.6 Å². The lowest BCUT2D eigenvalue weighted by Gasteiger charge is -2.25. The van der Waals surface area contributed by atoms with Gasteiger partial charge in [-0.1, -0.05) is 6.42 Å². The number of hydrogen-bond donors (Lipinski definition) is 7. The number of carboxylic acid groups (broad SMARTS) is 1. The number of nitrogens with two attached hydrogens (primary N) is 2. The van der Waals surface area contributed by atoms with Crippen molar-refractivity contribution in [2.24, 2.45) is 11.5 Å². The SMILES string of the molecule is CSCCC(NC(=O)C(C)NC(=O)C(NC(=O)C(N)CCCCN)C(C)O)C(=O)O. The Kier molecular flexibility index (Phi) is 14.0. The summed E-state index contributed by atoms with van der Waals surface area (Å²) in [5, 5.41) is 26.2. The minimum atomic E-state index is -1.32. The third-order valence-electron chi connectivity index (χ3n) is 4.35. The molecule has 0 aromatic carbocycles. The predicted octanol–water partition coefficient (Wildman–Crippen LogP) is -1.86. The molecule has 11 nitrogen and oxygen atoms in total. The first-order valence-electron chi connectivity index (χ1n) is 9.81. The van der Waals surface area contributed by atoms with Gasteiger partial charge >= 0.3 is 5.97 Å². The molecule has 5 atom stereocenters. The lowest BCUT2D eigenvalue weighted by atomic mass is 10.1. The second kappa shape index (κ2) is 15.0. The van der Waals surface area contributed by atoms with Crippen molar-refractivity contribution in [1.29, 1.82) is 0 Å². The molecule has 3 amide bonds. The van der Waals surface area contributed by atoms with Gasteiger partial charge in [-0.25, -0.2) is 4.79 Å². The van der Waals surface area contributed by atoms with Gasteiger partial charge in [0.2, 0.25) is 17.7 Å². The zero-order valence-corrected chi connectivity index (χ0v) is 18.5. The van der Waals surface area contributed by atoms with Gasteiger partial charge in [0.1, 0.15) is 18.1 Å². The highest BCUT2D eigenvalue weighted by Gasteiger charge is 2.30. The average molecular weight is 450 g/mol. The van der Waals surface area contributed by atoms with E-state index in [0.29, 0.717) is 31.6 Å². The number of aliphatic carboxylic acids is 1. The molecule has 0 aliphatic carbocycles. The fourth-order valence-corrected chi connectivity index (χ4v) is 2.94. The Hall–Kier alpha value is -1.89. The summed E-state index contributed by atoms with van der Waals surface area (Å²) in [6.45, 7) is 3.17. The fraction of sp³-hybridized carbons (Fsp3) is 0.778. The van der Waals surface area contributed by atoms with Gasteiger partial charge in [0.05, 0.1) is 12.1 Å². The van der Waals surface area contributed by atoms with Gasteiger partial charge in [0.25, 0.3) is 0 Å². The minimum Gasteiger partial charge on any atom is -0.480 e. The van der Waals surface area contributed by atoms with E-state index in [1.54, 1.807) is 0 Å². The summed E-state index contributed by atoms with van der Waals surface area (Å²) < 4.78 is 0. The van der Waals surface area contributed by atoms with Gasteiger partial charge in [0, 0.05) is 0 Å². The van der Waals surface area contributed by atoms with E-state index in [0.717, 1.165) is 0 Å². The summed E-state index contributed by atoms with van der Waals surface area (Å²) in [5.41, 5.74) is 11.2. The van der Waals surface area contributed by atoms with Crippen LogP contribution in [0.2, 0.25) is 0 Å². The van der Waals surface area contributed by atoms with Crippen LogP contribution in [-0.4, -0.2) is 82.7 Å². The topological polar surface area (TPSA) is 197 Å². The first-order chi connectivity index (χ1) is 14.0. The van der Waals surface area contributed by atoms with Crippen LogP contribution >= 0.6 is 11.8 Å². The van der Waals surface area contributed by atoms with E-state index < -0.39 is 54.0 Å². The highest BCUT2D eigenvalue weighted by molar-refractivity contribution is 7.98. The quantitative estimate of drug-likeness (QED) is 0.140. The Bertz CT molecular complexity index is 577. The van der Waals surface area contributed by atoms with Gasteiger partial charge in [0.15, 0.2) is 0 Å². The molecular weight excluding hydrogens is 414 g/mol. The molecule has 0 aromatic rings. The maximum absolute atomic E-state index is 12.5. The monoisotopic (exact) mass is 449 g/mol. The molecule has 0 fully saturated rings. The van der Waals surface area contributed by atoms with E-state index in [1.807, 2.05) is 6.26 Å². The zero-order valence-electron chi connectivity index (χ0n) is 17.7. The van der Waals surface area contributed by atoms with Crippen LogP contribution in [0.25, 0.3) is 0 Å². The largest absolute Gasteiger partial charge is 0.480 e. The number of unbranched alkanes of at least 4 members (excludes halogenated alkanes) is 1. The number of nitrogens with one attached hydrogen (secondary N) is 3. The van der Waals surface area contributed by atoms with Crippen molar-refractivity contribution in [3.8, 4) is 0 Å². The average Bonchev–Trinajstić information content (AvgIpc) is 2.68. The molecule has 0 rings (SSSR count). The van der Waals surface area contributed by atoms with E-state index in [4.69, 9.17) is 11.5 Å². The van der Waals surface area contributed by atoms with Gasteiger partial charge in [-0.2, -0.15) is 11.8 Å². The molecule has 0 saturated heterocycles. The second-order valence-corrected chi connectivity index (χ2v) is 8.01. The third-order valence-corrected chi connectivity index (χ3v) is 4.99. The normalized spacial score (nSPS) is 15.9. The number of carboxylic acids is 1. The molecule has 9 N–H and O–H groups in total. The molecule has 0 radical (unpaired) electrons. The third kappa shape index (κ3) is 10.8. The van der Waals surface area contributed by atoms with Gasteiger partial charge in [-0.15, -0.1) is 0 Å². The molecule has 0 aliphatic heterocycles. The number of carbonyl (C=O) groups is 4. The molecule has 12 heteroatoms. The lowest BCUT2D eigenvalue weighted by Crippen LogP contribution is -2.59. The zero-order chi connectivity index (χ0) is 23.3. The smallest absolute Gasteiger partial charge is 0.326 e. The Morgan fingerprint density at radius 2 is 1.60 bits per heavy atom. The number of carbonyl (C=O) groups excluding carboxylic acids is 3. The molecule has 0 aliphatic rings. The molecule has 174 valence electrons. The maximum atomic E-state index is 12.5. The Labute approximate surface area is 181 Å². The van der Waals surface area contributed by atoms with Crippen LogP contribution in [-0.2, 0) is 19.2 Å². The van der Waals surface area contributed by atoms with E-state index in [2.05, 4.69) is 16.0 Å². The fourth-order valence-electron chi connectivity index (χ4n) is 2.46. The lowest BCUT2D eigenvalue weighted by molar-refractivity contribution is -0.142. The van der Waals surface area contributed by atoms with Gasteiger partial charge in [-0.3, -0.25) is 14.4 Å². The van der Waals surface area contributed by atoms with Crippen LogP contribution in [0.1, 0.15) is 39.5 Å². The number of aliphatic hydroxyl groups excluding tert-OH is 1. The van der Waals surface area contributed by atoms with E-state index in [-0.39, 0.29) is 6.42 Å². The molecular formula is C18H35N5O6S. The van der Waals surface area contributed by atoms with Crippen LogP contribution < -0.4 is 27.4 Å². The molecule has 0 spiro atoms. The van der Waals surface area contributed by atoms with Crippen LogP contribution in [0.4, 0.5) is 0 Å². The van der Waals surface area contributed by atoms with Gasteiger partial charge in [-0.05, 0) is 51.7 Å². The number of aliphatic hydroxyl groups is 1. The molecule has 0 bridgehead atoms. The Morgan fingerprint density at radius 3 is 2.10 bits per heavy atom. The van der Waals surface area contributed by atoms with E-state index in [9.17, 15) is 29.4 Å². The molecule has 0 saturated carbocycles. The van der Waals surface area contributed by atoms with Crippen LogP contribution in [0.5, 0.6) is 0 Å². The van der Waals surface area contributed by atoms with Crippen molar-refractivity contribution in [3.05, 3.63) is 0 Å². The highest BCUT2D eigenvalue weighted by Crippen LogP contribution is 2.03. The maximum Gasteiger partial charge on any atom is 0.326 e. The molecule has 0 aromatic heterocycles. The molecule has 5 unspecified atom stereocenters. The molecule has 30 heavy (non-hydrogen) atoms. The first kappa shape index (κ1) is 28.1. The summed E-state index contributed by atoms with van der Waals surface area (Å²) in [5.74, 6) is -2.71. The number of thioether (sulfide) groups is 1. The number of rotatable bonds is 15. The minimum absolute atomic E-state index is 0.233. The van der Waals surface area contributed by atoms with Crippen molar-refractivity contribution < 1.29 is 29.4 Å². The summed E-state index contributed by atoms with van der Waals surface area (Å²) in [4.78, 5) is 48.2. The van der Waals surface area contributed by atoms with E-state index >= 15 is 0 Å². The summed E-state index contributed by atoms with van der Waals surface area (Å²) >= 11 is 1.45. The highest BCUT2D eigenvalue weighted by atomic mass is 32.2. The van der Waals surface area contributed by atoms with Crippen molar-refractivity contribution in [1.82, 2.24) is 16.0 Å². The van der Waals surface area contributed by atoms with Crippen molar-refractivity contribution in [2.45, 2.75) is 69.8 Å². The van der Waals surface area contributed by atoms with E-state index in [1.165, 1.54) is 25.6 Å². The number of hydrogen-bond acceptors (Lipinski definition) is 8. The first-order valence-corrected chi connectivity index (χ1v) is 11.2. The Balaban J connectivity index is 4.86. The Morgan fingerprint density at radius 1 is 0.967 bits per heavy atom.